The van der Waals surface area contributed by atoms with Crippen molar-refractivity contribution in [1.82, 2.24) is 9.13 Å². The molecule has 3 heterocycles. The molecular weight excluding hydrogens is 541 g/mol. The van der Waals surface area contributed by atoms with Gasteiger partial charge in [-0.1, -0.05) is 129 Å². The first-order chi connectivity index (χ1) is 21.3. The van der Waals surface area contributed by atoms with Gasteiger partial charge < -0.3 is 9.13 Å². The number of aryl methyl sites for hydroxylation is 2. The van der Waals surface area contributed by atoms with Crippen LogP contribution in [0.1, 0.15) is 163 Å². The number of nitrogens with zero attached hydrogens (tertiary/aromatic N) is 2. The number of rotatable bonds is 26. The number of unbranched alkanes of at least 4 members (excludes halogenated alkanes) is 18. The Morgan fingerprint density at radius 2 is 0.791 bits per heavy atom. The monoisotopic (exact) mass is 602 g/mol. The molecule has 3 aromatic rings. The first-order valence-corrected chi connectivity index (χ1v) is 18.9. The van der Waals surface area contributed by atoms with Crippen LogP contribution in [-0.4, -0.2) is 9.13 Å². The maximum absolute atomic E-state index is 2.42. The van der Waals surface area contributed by atoms with Gasteiger partial charge in [-0.3, -0.25) is 0 Å². The van der Waals surface area contributed by atoms with Crippen LogP contribution in [0.2, 0.25) is 0 Å². The van der Waals surface area contributed by atoms with Crippen LogP contribution in [0.25, 0.3) is 24.3 Å². The Kier molecular flexibility index (Phi) is 19.0. The largest absolute Gasteiger partial charge is 0.348 e. The molecule has 0 spiro atoms. The third kappa shape index (κ3) is 15.3. The van der Waals surface area contributed by atoms with Crippen molar-refractivity contribution < 1.29 is 0 Å². The van der Waals surface area contributed by atoms with Gasteiger partial charge in [-0.15, -0.1) is 11.3 Å². The fourth-order valence-electron chi connectivity index (χ4n) is 5.99. The zero-order valence-electron chi connectivity index (χ0n) is 27.8. The first kappa shape index (κ1) is 35.2. The van der Waals surface area contributed by atoms with E-state index < -0.39 is 0 Å². The quantitative estimate of drug-likeness (QED) is 0.0809. The number of aromatic nitrogens is 2. The van der Waals surface area contributed by atoms with E-state index in [2.05, 4.69) is 96.1 Å². The molecule has 0 aliphatic carbocycles. The second-order valence-corrected chi connectivity index (χ2v) is 13.7. The van der Waals surface area contributed by atoms with E-state index in [1.54, 1.807) is 0 Å². The van der Waals surface area contributed by atoms with Crippen LogP contribution in [0.3, 0.4) is 0 Å². The van der Waals surface area contributed by atoms with Crippen molar-refractivity contribution >= 4 is 35.6 Å². The normalized spacial score (nSPS) is 12.0. The summed E-state index contributed by atoms with van der Waals surface area (Å²) in [6.07, 6.45) is 41.4. The smallest absolute Gasteiger partial charge is 0.0407 e. The third-order valence-corrected chi connectivity index (χ3v) is 9.73. The molecule has 0 aromatic carbocycles. The lowest BCUT2D eigenvalue weighted by atomic mass is 10.1. The van der Waals surface area contributed by atoms with Gasteiger partial charge in [-0.2, -0.15) is 0 Å². The van der Waals surface area contributed by atoms with Crippen LogP contribution in [-0.2, 0) is 13.1 Å². The highest BCUT2D eigenvalue weighted by molar-refractivity contribution is 7.13. The minimum Gasteiger partial charge on any atom is -0.348 e. The van der Waals surface area contributed by atoms with E-state index in [0.29, 0.717) is 0 Å². The fraction of sp³-hybridized carbons (Fsp3) is 0.600. The van der Waals surface area contributed by atoms with Gasteiger partial charge in [-0.05, 0) is 73.5 Å². The van der Waals surface area contributed by atoms with Crippen molar-refractivity contribution in [2.24, 2.45) is 0 Å². The lowest BCUT2D eigenvalue weighted by Crippen LogP contribution is -1.98. The van der Waals surface area contributed by atoms with Gasteiger partial charge in [0, 0.05) is 46.6 Å². The zero-order valence-corrected chi connectivity index (χ0v) is 28.6. The predicted octanol–water partition coefficient (Wildman–Crippen LogP) is 13.5. The maximum Gasteiger partial charge on any atom is 0.0407 e. The van der Waals surface area contributed by atoms with E-state index in [-0.39, 0.29) is 0 Å². The van der Waals surface area contributed by atoms with E-state index in [4.69, 9.17) is 0 Å². The van der Waals surface area contributed by atoms with Crippen molar-refractivity contribution in [1.29, 1.82) is 0 Å². The van der Waals surface area contributed by atoms with Crippen LogP contribution < -0.4 is 0 Å². The number of hydrogen-bond donors (Lipinski definition) is 0. The van der Waals surface area contributed by atoms with Crippen LogP contribution >= 0.6 is 11.3 Å². The summed E-state index contributed by atoms with van der Waals surface area (Å²) < 4.78 is 4.83. The highest BCUT2D eigenvalue weighted by atomic mass is 32.1. The fourth-order valence-corrected chi connectivity index (χ4v) is 6.80. The number of thiophene rings is 1. The van der Waals surface area contributed by atoms with Crippen molar-refractivity contribution in [2.75, 3.05) is 0 Å². The minimum absolute atomic E-state index is 1.13. The highest BCUT2D eigenvalue weighted by Gasteiger charge is 2.01. The summed E-state index contributed by atoms with van der Waals surface area (Å²) in [6, 6.07) is 13.3. The molecular formula is C40H62N2S. The summed E-state index contributed by atoms with van der Waals surface area (Å²) in [5.74, 6) is 0. The third-order valence-electron chi connectivity index (χ3n) is 8.72. The molecule has 0 atom stereocenters. The summed E-state index contributed by atoms with van der Waals surface area (Å²) in [4.78, 5) is 2.62. The number of hydrogen-bond acceptors (Lipinski definition) is 1. The van der Waals surface area contributed by atoms with Crippen LogP contribution in [0.5, 0.6) is 0 Å². The first-order valence-electron chi connectivity index (χ1n) is 18.1. The van der Waals surface area contributed by atoms with Crippen LogP contribution in [0, 0.1) is 0 Å². The average Bonchev–Trinajstić information content (AvgIpc) is 3.78. The summed E-state index contributed by atoms with van der Waals surface area (Å²) in [5.41, 5.74) is 2.62. The zero-order chi connectivity index (χ0) is 30.2. The second kappa shape index (κ2) is 23.2. The Labute approximate surface area is 269 Å². The van der Waals surface area contributed by atoms with E-state index in [9.17, 15) is 0 Å². The van der Waals surface area contributed by atoms with E-state index in [0.717, 1.165) is 13.1 Å². The second-order valence-electron chi connectivity index (χ2n) is 12.5. The predicted molar refractivity (Wildman–Crippen MR) is 195 cm³/mol. The molecule has 0 saturated heterocycles. The van der Waals surface area contributed by atoms with E-state index in [1.165, 1.54) is 150 Å². The molecule has 0 fully saturated rings. The van der Waals surface area contributed by atoms with Gasteiger partial charge in [0.2, 0.25) is 0 Å². The molecule has 2 nitrogen and oxygen atoms in total. The molecule has 43 heavy (non-hydrogen) atoms. The molecule has 0 bridgehead atoms. The van der Waals surface area contributed by atoms with Crippen molar-refractivity contribution in [3.05, 3.63) is 69.9 Å². The van der Waals surface area contributed by atoms with E-state index >= 15 is 0 Å². The summed E-state index contributed by atoms with van der Waals surface area (Å²) in [5, 5.41) is 0. The molecule has 0 aliphatic heterocycles. The Morgan fingerprint density at radius 1 is 0.442 bits per heavy atom. The molecule has 3 aromatic heterocycles. The Hall–Kier alpha value is -2.26. The molecule has 0 N–H and O–H groups in total. The molecule has 3 rings (SSSR count). The summed E-state index contributed by atoms with van der Waals surface area (Å²) in [7, 11) is 0. The molecule has 0 unspecified atom stereocenters. The lowest BCUT2D eigenvalue weighted by molar-refractivity contribution is 0.534. The highest BCUT2D eigenvalue weighted by Crippen LogP contribution is 2.22. The minimum atomic E-state index is 1.13. The molecule has 3 heteroatoms. The topological polar surface area (TPSA) is 9.86 Å². The Balaban J connectivity index is 1.32. The lowest BCUT2D eigenvalue weighted by Gasteiger charge is -2.07. The van der Waals surface area contributed by atoms with Crippen LogP contribution in [0.4, 0.5) is 0 Å². The molecule has 0 saturated carbocycles. The maximum atomic E-state index is 2.42. The Bertz CT molecular complexity index is 1040. The standard InChI is InChI=1S/C40H62N2S/c1-3-5-7-9-11-13-15-17-19-21-33-41-35-23-25-37(41)27-29-39-31-32-40(43-39)30-28-38-26-24-36-42(38)34-22-20-18-16-14-12-10-8-6-4-2/h23-32,35-36H,3-22,33-34H2,1-2H3/b29-27+,30-28+. The van der Waals surface area contributed by atoms with Crippen molar-refractivity contribution in [3.8, 4) is 0 Å². The summed E-state index contributed by atoms with van der Waals surface area (Å²) in [6.45, 7) is 6.84. The van der Waals surface area contributed by atoms with Crippen LogP contribution in [0.15, 0.2) is 48.8 Å². The molecule has 0 radical (unpaired) electrons. The van der Waals surface area contributed by atoms with Gasteiger partial charge >= 0.3 is 0 Å². The SMILES string of the molecule is CCCCCCCCCCCCn1cccc1/C=C/c1ccc(/C=C/c2cccn2CCCCCCCCCCCC)s1. The van der Waals surface area contributed by atoms with Gasteiger partial charge in [0.15, 0.2) is 0 Å². The van der Waals surface area contributed by atoms with Gasteiger partial charge in [0.25, 0.3) is 0 Å². The van der Waals surface area contributed by atoms with Gasteiger partial charge in [0.1, 0.15) is 0 Å². The van der Waals surface area contributed by atoms with Crippen molar-refractivity contribution in [3.63, 3.8) is 0 Å². The molecule has 0 aliphatic rings. The van der Waals surface area contributed by atoms with Gasteiger partial charge in [-0.25, -0.2) is 0 Å². The molecule has 238 valence electrons. The van der Waals surface area contributed by atoms with E-state index in [1.807, 2.05) is 11.3 Å². The van der Waals surface area contributed by atoms with Crippen molar-refractivity contribution in [2.45, 2.75) is 155 Å². The van der Waals surface area contributed by atoms with Gasteiger partial charge in [0.05, 0.1) is 0 Å². The summed E-state index contributed by atoms with van der Waals surface area (Å²) >= 11 is 1.87. The average molecular weight is 603 g/mol. The Morgan fingerprint density at radius 3 is 1.16 bits per heavy atom. The molecule has 0 amide bonds.